The van der Waals surface area contributed by atoms with Crippen LogP contribution in [0.2, 0.25) is 5.02 Å². The van der Waals surface area contributed by atoms with Crippen LogP contribution in [0.25, 0.3) is 11.0 Å². The zero-order chi connectivity index (χ0) is 18.3. The molecule has 0 unspecified atom stereocenters. The molecule has 0 aliphatic carbocycles. The Labute approximate surface area is 146 Å². The van der Waals surface area contributed by atoms with Crippen molar-refractivity contribution < 1.29 is 34.3 Å². The second-order valence-electron chi connectivity index (χ2n) is 5.84. The van der Waals surface area contributed by atoms with Gasteiger partial charge < -0.3 is 34.3 Å². The first-order chi connectivity index (χ1) is 11.8. The SMILES string of the molecule is Cc1cc(=O)oc2cc(O[C@@H]3O[C@H](CO)[C@@H](O)[C@H](O)[C@H]3O)c(Cl)cc12. The Hall–Kier alpha value is -1.68. The molecule has 1 aliphatic heterocycles. The van der Waals surface area contributed by atoms with Gasteiger partial charge in [0.25, 0.3) is 0 Å². The fourth-order valence-electron chi connectivity index (χ4n) is 2.70. The average Bonchev–Trinajstić information content (AvgIpc) is 2.56. The maximum absolute atomic E-state index is 11.5. The maximum atomic E-state index is 11.5. The molecule has 2 heterocycles. The molecule has 9 heteroatoms. The number of rotatable bonds is 3. The van der Waals surface area contributed by atoms with E-state index >= 15 is 0 Å². The van der Waals surface area contributed by atoms with Gasteiger partial charge in [-0.1, -0.05) is 11.6 Å². The minimum atomic E-state index is -1.57. The largest absolute Gasteiger partial charge is 0.460 e. The van der Waals surface area contributed by atoms with E-state index < -0.39 is 42.9 Å². The summed E-state index contributed by atoms with van der Waals surface area (Å²) >= 11 is 6.17. The minimum absolute atomic E-state index is 0.0484. The van der Waals surface area contributed by atoms with Gasteiger partial charge in [-0.3, -0.25) is 0 Å². The van der Waals surface area contributed by atoms with Crippen molar-refractivity contribution in [3.8, 4) is 5.75 Å². The van der Waals surface area contributed by atoms with Crippen LogP contribution in [-0.4, -0.2) is 57.7 Å². The molecule has 136 valence electrons. The molecule has 1 saturated heterocycles. The van der Waals surface area contributed by atoms with Crippen LogP contribution in [0.5, 0.6) is 5.75 Å². The Morgan fingerprint density at radius 2 is 1.88 bits per heavy atom. The molecule has 1 aromatic carbocycles. The molecule has 3 rings (SSSR count). The van der Waals surface area contributed by atoms with E-state index in [4.69, 9.17) is 25.5 Å². The topological polar surface area (TPSA) is 130 Å². The predicted molar refractivity (Wildman–Crippen MR) is 86.6 cm³/mol. The fourth-order valence-corrected chi connectivity index (χ4v) is 2.91. The monoisotopic (exact) mass is 372 g/mol. The van der Waals surface area contributed by atoms with E-state index in [9.17, 15) is 25.2 Å². The number of aliphatic hydroxyl groups is 4. The lowest BCUT2D eigenvalue weighted by atomic mass is 9.99. The van der Waals surface area contributed by atoms with Gasteiger partial charge in [0.1, 0.15) is 35.7 Å². The van der Waals surface area contributed by atoms with Crippen molar-refractivity contribution in [1.29, 1.82) is 0 Å². The first-order valence-corrected chi connectivity index (χ1v) is 7.91. The number of benzene rings is 1. The third-order valence-corrected chi connectivity index (χ3v) is 4.39. The second kappa shape index (κ2) is 6.91. The second-order valence-corrected chi connectivity index (χ2v) is 6.25. The lowest BCUT2D eigenvalue weighted by molar-refractivity contribution is -0.277. The number of fused-ring (bicyclic) bond motifs is 1. The summed E-state index contributed by atoms with van der Waals surface area (Å²) in [7, 11) is 0. The molecule has 1 aliphatic rings. The number of halogens is 1. The standard InChI is InChI=1S/C16H17ClO8/c1-6-2-12(19)23-9-4-10(8(17)3-7(6)9)24-16-15(22)14(21)13(20)11(5-18)25-16/h2-4,11,13-16,18,20-22H,5H2,1H3/t11-,13-,14+,15-,16-/m1/s1. The van der Waals surface area contributed by atoms with E-state index in [1.165, 1.54) is 18.2 Å². The number of ether oxygens (including phenoxy) is 2. The summed E-state index contributed by atoms with van der Waals surface area (Å²) in [5.74, 6) is 0.0484. The summed E-state index contributed by atoms with van der Waals surface area (Å²) in [6.45, 7) is 1.15. The quantitative estimate of drug-likeness (QED) is 0.551. The van der Waals surface area contributed by atoms with Gasteiger partial charge in [-0.15, -0.1) is 0 Å². The van der Waals surface area contributed by atoms with Crippen LogP contribution in [0, 0.1) is 6.92 Å². The van der Waals surface area contributed by atoms with Gasteiger partial charge in [0.15, 0.2) is 0 Å². The molecule has 2 aromatic rings. The van der Waals surface area contributed by atoms with Crippen molar-refractivity contribution in [3.63, 3.8) is 0 Å². The molecular formula is C16H17ClO8. The number of hydrogen-bond acceptors (Lipinski definition) is 8. The zero-order valence-electron chi connectivity index (χ0n) is 13.1. The summed E-state index contributed by atoms with van der Waals surface area (Å²) in [6.07, 6.45) is -7.14. The van der Waals surface area contributed by atoms with Crippen molar-refractivity contribution in [2.24, 2.45) is 0 Å². The van der Waals surface area contributed by atoms with Crippen LogP contribution in [-0.2, 0) is 4.74 Å². The van der Waals surface area contributed by atoms with Crippen LogP contribution in [0.15, 0.2) is 27.4 Å². The molecule has 5 atom stereocenters. The van der Waals surface area contributed by atoms with Crippen molar-refractivity contribution in [2.45, 2.75) is 37.6 Å². The number of aryl methyl sites for hydroxylation is 1. The van der Waals surface area contributed by atoms with E-state index in [-0.39, 0.29) is 16.4 Å². The Bertz CT molecular complexity index is 833. The first-order valence-electron chi connectivity index (χ1n) is 7.53. The molecule has 0 radical (unpaired) electrons. The highest BCUT2D eigenvalue weighted by Gasteiger charge is 2.44. The van der Waals surface area contributed by atoms with Gasteiger partial charge in [-0.25, -0.2) is 4.79 Å². The number of aliphatic hydroxyl groups excluding tert-OH is 4. The smallest absolute Gasteiger partial charge is 0.336 e. The Morgan fingerprint density at radius 3 is 2.56 bits per heavy atom. The van der Waals surface area contributed by atoms with E-state index in [0.29, 0.717) is 10.9 Å². The van der Waals surface area contributed by atoms with Crippen molar-refractivity contribution >= 4 is 22.6 Å². The molecule has 1 fully saturated rings. The van der Waals surface area contributed by atoms with E-state index in [1.54, 1.807) is 6.92 Å². The van der Waals surface area contributed by atoms with Crippen LogP contribution in [0.4, 0.5) is 0 Å². The third kappa shape index (κ3) is 3.37. The molecule has 0 saturated carbocycles. The van der Waals surface area contributed by atoms with Crippen molar-refractivity contribution in [3.05, 3.63) is 39.2 Å². The molecule has 25 heavy (non-hydrogen) atoms. The Balaban J connectivity index is 1.94. The molecule has 1 aromatic heterocycles. The van der Waals surface area contributed by atoms with Crippen LogP contribution < -0.4 is 10.4 Å². The Morgan fingerprint density at radius 1 is 1.16 bits per heavy atom. The summed E-state index contributed by atoms with van der Waals surface area (Å²) in [5.41, 5.74) is 0.368. The normalized spacial score (nSPS) is 29.8. The van der Waals surface area contributed by atoms with Crippen LogP contribution in [0.3, 0.4) is 0 Å². The van der Waals surface area contributed by atoms with Crippen LogP contribution >= 0.6 is 11.6 Å². The van der Waals surface area contributed by atoms with Gasteiger partial charge >= 0.3 is 5.63 Å². The van der Waals surface area contributed by atoms with Gasteiger partial charge in [0.2, 0.25) is 6.29 Å². The third-order valence-electron chi connectivity index (χ3n) is 4.10. The number of hydrogen-bond donors (Lipinski definition) is 4. The molecular weight excluding hydrogens is 356 g/mol. The lowest BCUT2D eigenvalue weighted by Crippen LogP contribution is -2.60. The molecule has 0 spiro atoms. The minimum Gasteiger partial charge on any atom is -0.460 e. The summed E-state index contributed by atoms with van der Waals surface area (Å²) in [6, 6.07) is 4.23. The highest BCUT2D eigenvalue weighted by molar-refractivity contribution is 6.32. The highest BCUT2D eigenvalue weighted by Crippen LogP contribution is 2.33. The summed E-state index contributed by atoms with van der Waals surface area (Å²) in [5, 5.41) is 39.6. The van der Waals surface area contributed by atoms with E-state index in [1.807, 2.05) is 0 Å². The molecule has 0 bridgehead atoms. The molecule has 8 nitrogen and oxygen atoms in total. The first kappa shape index (κ1) is 18.1. The van der Waals surface area contributed by atoms with Gasteiger partial charge in [-0.2, -0.15) is 0 Å². The zero-order valence-corrected chi connectivity index (χ0v) is 13.9. The van der Waals surface area contributed by atoms with Crippen LogP contribution in [0.1, 0.15) is 5.56 Å². The average molecular weight is 373 g/mol. The highest BCUT2D eigenvalue weighted by atomic mass is 35.5. The van der Waals surface area contributed by atoms with Gasteiger partial charge in [0, 0.05) is 17.5 Å². The lowest BCUT2D eigenvalue weighted by Gasteiger charge is -2.39. The summed E-state index contributed by atoms with van der Waals surface area (Å²) < 4.78 is 15.9. The molecule has 4 N–H and O–H groups in total. The van der Waals surface area contributed by atoms with E-state index in [2.05, 4.69) is 0 Å². The van der Waals surface area contributed by atoms with Gasteiger partial charge in [0.05, 0.1) is 11.6 Å². The summed E-state index contributed by atoms with van der Waals surface area (Å²) in [4.78, 5) is 11.5. The predicted octanol–water partition coefficient (Wildman–Crippen LogP) is -0.0665. The maximum Gasteiger partial charge on any atom is 0.336 e. The van der Waals surface area contributed by atoms with Gasteiger partial charge in [-0.05, 0) is 18.6 Å². The molecule has 0 amide bonds. The van der Waals surface area contributed by atoms with Crippen molar-refractivity contribution in [2.75, 3.05) is 6.61 Å². The fraction of sp³-hybridized carbons (Fsp3) is 0.438. The Kier molecular flexibility index (Phi) is 5.01. The van der Waals surface area contributed by atoms with E-state index in [0.717, 1.165) is 0 Å². The van der Waals surface area contributed by atoms with Crippen molar-refractivity contribution in [1.82, 2.24) is 0 Å².